The van der Waals surface area contributed by atoms with Crippen LogP contribution in [0.3, 0.4) is 0 Å². The highest BCUT2D eigenvalue weighted by molar-refractivity contribution is 9.10. The summed E-state index contributed by atoms with van der Waals surface area (Å²) >= 11 is 9.56. The topological polar surface area (TPSA) is 114 Å². The van der Waals surface area contributed by atoms with Gasteiger partial charge >= 0.3 is 5.97 Å². The Morgan fingerprint density at radius 3 is 2.82 bits per heavy atom. The number of pyridine rings is 1. The Labute approximate surface area is 171 Å². The molecule has 0 unspecified atom stereocenters. The molecule has 4 aromatic rings. The number of H-pyrrole nitrogens is 1. The highest BCUT2D eigenvalue weighted by Crippen LogP contribution is 2.27. The average molecular weight is 461 g/mol. The number of hydrogen-bond donors (Lipinski definition) is 2. The van der Waals surface area contributed by atoms with Crippen LogP contribution in [0.1, 0.15) is 15.9 Å². The summed E-state index contributed by atoms with van der Waals surface area (Å²) in [4.78, 5) is 35.4. The second-order valence-corrected chi connectivity index (χ2v) is 7.20. The first-order valence-electron chi connectivity index (χ1n) is 8.00. The normalized spacial score (nSPS) is 11.1. The molecule has 140 valence electrons. The zero-order valence-corrected chi connectivity index (χ0v) is 16.6. The number of aromatic carboxylic acids is 1. The van der Waals surface area contributed by atoms with Gasteiger partial charge in [0.25, 0.3) is 5.56 Å². The van der Waals surface area contributed by atoms with Gasteiger partial charge in [-0.15, -0.1) is 0 Å². The third kappa shape index (κ3) is 3.08. The lowest BCUT2D eigenvalue weighted by atomic mass is 10.1. The molecule has 4 rings (SSSR count). The Bertz CT molecular complexity index is 1310. The number of aryl methyl sites for hydroxylation is 1. The van der Waals surface area contributed by atoms with Gasteiger partial charge in [0.15, 0.2) is 11.6 Å². The van der Waals surface area contributed by atoms with E-state index in [1.807, 2.05) is 0 Å². The van der Waals surface area contributed by atoms with Gasteiger partial charge in [0, 0.05) is 12.3 Å². The minimum atomic E-state index is -1.11. The number of carbonyl (C=O) groups is 1. The molecule has 28 heavy (non-hydrogen) atoms. The molecule has 3 heterocycles. The van der Waals surface area contributed by atoms with Gasteiger partial charge in [0.05, 0.1) is 21.5 Å². The Hall–Kier alpha value is -3.04. The van der Waals surface area contributed by atoms with Crippen LogP contribution in [0, 0.1) is 6.92 Å². The number of nitrogens with zero attached hydrogens (tertiary/aromatic N) is 4. The molecular weight excluding hydrogens is 450 g/mol. The third-order valence-electron chi connectivity index (χ3n) is 4.11. The molecule has 10 heteroatoms. The van der Waals surface area contributed by atoms with E-state index in [9.17, 15) is 14.7 Å². The van der Waals surface area contributed by atoms with Crippen LogP contribution in [0.4, 0.5) is 0 Å². The second kappa shape index (κ2) is 6.84. The standard InChI is InChI=1S/C18H11BrClN5O3/c1-8-5-9(18(27)28)6-10-14(8)22-15(23-17(10)26)12-7-13(19)24-25(12)16-11(20)3-2-4-21-16/h2-7H,1H3,(H,27,28)(H,22,23,26). The quantitative estimate of drug-likeness (QED) is 0.483. The van der Waals surface area contributed by atoms with Gasteiger partial charge in [0.1, 0.15) is 10.3 Å². The van der Waals surface area contributed by atoms with Crippen molar-refractivity contribution in [2.45, 2.75) is 6.92 Å². The molecule has 1 aromatic carbocycles. The Morgan fingerprint density at radius 1 is 1.32 bits per heavy atom. The molecule has 0 radical (unpaired) electrons. The smallest absolute Gasteiger partial charge is 0.335 e. The van der Waals surface area contributed by atoms with Crippen LogP contribution < -0.4 is 5.56 Å². The van der Waals surface area contributed by atoms with Crippen LogP contribution in [0.25, 0.3) is 28.2 Å². The molecule has 0 aliphatic heterocycles. The number of halogens is 2. The molecule has 0 amide bonds. The summed E-state index contributed by atoms with van der Waals surface area (Å²) in [6, 6.07) is 7.84. The fourth-order valence-corrected chi connectivity index (χ4v) is 3.45. The van der Waals surface area contributed by atoms with Crippen molar-refractivity contribution in [3.05, 3.63) is 67.6 Å². The van der Waals surface area contributed by atoms with E-state index in [0.717, 1.165) is 0 Å². The predicted molar refractivity (Wildman–Crippen MR) is 107 cm³/mol. The molecule has 2 N–H and O–H groups in total. The molecular formula is C18H11BrClN5O3. The molecule has 0 spiro atoms. The first-order chi connectivity index (χ1) is 13.3. The molecule has 0 fully saturated rings. The Kier molecular flexibility index (Phi) is 4.48. The van der Waals surface area contributed by atoms with E-state index < -0.39 is 11.5 Å². The van der Waals surface area contributed by atoms with Crippen molar-refractivity contribution >= 4 is 44.4 Å². The number of carboxylic acids is 1. The van der Waals surface area contributed by atoms with E-state index in [0.29, 0.717) is 32.2 Å². The highest BCUT2D eigenvalue weighted by atomic mass is 79.9. The number of carboxylic acid groups (broad SMARTS) is 1. The van der Waals surface area contributed by atoms with Crippen molar-refractivity contribution in [2.75, 3.05) is 0 Å². The first kappa shape index (κ1) is 18.3. The lowest BCUT2D eigenvalue weighted by Gasteiger charge is -2.09. The van der Waals surface area contributed by atoms with Crippen molar-refractivity contribution in [1.29, 1.82) is 0 Å². The number of rotatable bonds is 3. The summed E-state index contributed by atoms with van der Waals surface area (Å²) in [5.74, 6) is -0.477. The van der Waals surface area contributed by atoms with Gasteiger partial charge in [-0.05, 0) is 52.7 Å². The highest BCUT2D eigenvalue weighted by Gasteiger charge is 2.18. The van der Waals surface area contributed by atoms with E-state index in [1.165, 1.54) is 16.8 Å². The van der Waals surface area contributed by atoms with Crippen LogP contribution in [-0.2, 0) is 0 Å². The largest absolute Gasteiger partial charge is 0.478 e. The van der Waals surface area contributed by atoms with Gasteiger partial charge in [-0.2, -0.15) is 5.10 Å². The molecule has 0 saturated carbocycles. The molecule has 0 aliphatic rings. The average Bonchev–Trinajstić information content (AvgIpc) is 3.04. The maximum absolute atomic E-state index is 12.6. The van der Waals surface area contributed by atoms with Gasteiger partial charge in [-0.1, -0.05) is 11.6 Å². The van der Waals surface area contributed by atoms with E-state index in [1.54, 1.807) is 31.3 Å². The van der Waals surface area contributed by atoms with Gasteiger partial charge in [0.2, 0.25) is 0 Å². The number of fused-ring (bicyclic) bond motifs is 1. The minimum Gasteiger partial charge on any atom is -0.478 e. The van der Waals surface area contributed by atoms with Crippen LogP contribution >= 0.6 is 27.5 Å². The lowest BCUT2D eigenvalue weighted by Crippen LogP contribution is -2.13. The van der Waals surface area contributed by atoms with Crippen molar-refractivity contribution in [1.82, 2.24) is 24.7 Å². The Morgan fingerprint density at radius 2 is 2.11 bits per heavy atom. The molecule has 3 aromatic heterocycles. The fourth-order valence-electron chi connectivity index (χ4n) is 2.88. The zero-order chi connectivity index (χ0) is 20.0. The zero-order valence-electron chi connectivity index (χ0n) is 14.3. The van der Waals surface area contributed by atoms with E-state index >= 15 is 0 Å². The SMILES string of the molecule is Cc1cc(C(=O)O)cc2c(=O)[nH]c(-c3cc(Br)nn3-c3ncccc3Cl)nc12. The van der Waals surface area contributed by atoms with Crippen molar-refractivity contribution in [3.8, 4) is 17.3 Å². The number of benzene rings is 1. The first-order valence-corrected chi connectivity index (χ1v) is 9.17. The fraction of sp³-hybridized carbons (Fsp3) is 0.0556. The summed E-state index contributed by atoms with van der Waals surface area (Å²) in [5, 5.41) is 14.1. The van der Waals surface area contributed by atoms with Crippen LogP contribution in [0.15, 0.2) is 45.9 Å². The number of aromatic amines is 1. The molecule has 0 atom stereocenters. The van der Waals surface area contributed by atoms with Gasteiger partial charge in [-0.3, -0.25) is 4.79 Å². The summed E-state index contributed by atoms with van der Waals surface area (Å²) in [5.41, 5.74) is 1.01. The van der Waals surface area contributed by atoms with E-state index in [-0.39, 0.29) is 16.8 Å². The van der Waals surface area contributed by atoms with E-state index in [4.69, 9.17) is 11.6 Å². The van der Waals surface area contributed by atoms with Crippen LogP contribution in [0.5, 0.6) is 0 Å². The summed E-state index contributed by atoms with van der Waals surface area (Å²) in [6.07, 6.45) is 1.58. The molecule has 8 nitrogen and oxygen atoms in total. The summed E-state index contributed by atoms with van der Waals surface area (Å²) in [6.45, 7) is 1.70. The van der Waals surface area contributed by atoms with Crippen molar-refractivity contribution in [3.63, 3.8) is 0 Å². The summed E-state index contributed by atoms with van der Waals surface area (Å²) in [7, 11) is 0. The molecule has 0 bridgehead atoms. The predicted octanol–water partition coefficient (Wildman–Crippen LogP) is 3.59. The minimum absolute atomic E-state index is 0.0260. The monoisotopic (exact) mass is 459 g/mol. The van der Waals surface area contributed by atoms with Crippen molar-refractivity contribution < 1.29 is 9.90 Å². The van der Waals surface area contributed by atoms with Gasteiger partial charge in [-0.25, -0.2) is 19.4 Å². The summed E-state index contributed by atoms with van der Waals surface area (Å²) < 4.78 is 1.97. The molecule has 0 aliphatic carbocycles. The Balaban J connectivity index is 1.98. The van der Waals surface area contributed by atoms with Crippen LogP contribution in [-0.4, -0.2) is 35.8 Å². The number of aromatic nitrogens is 5. The third-order valence-corrected chi connectivity index (χ3v) is 4.79. The van der Waals surface area contributed by atoms with Crippen molar-refractivity contribution in [2.24, 2.45) is 0 Å². The van der Waals surface area contributed by atoms with E-state index in [2.05, 4.69) is 36.0 Å². The lowest BCUT2D eigenvalue weighted by molar-refractivity contribution is 0.0697. The maximum Gasteiger partial charge on any atom is 0.335 e. The number of nitrogens with one attached hydrogen (secondary N) is 1. The molecule has 0 saturated heterocycles. The second-order valence-electron chi connectivity index (χ2n) is 5.98. The van der Waals surface area contributed by atoms with Crippen LogP contribution in [0.2, 0.25) is 5.02 Å². The van der Waals surface area contributed by atoms with Gasteiger partial charge < -0.3 is 10.1 Å². The maximum atomic E-state index is 12.6. The number of hydrogen-bond acceptors (Lipinski definition) is 5.